The molecule has 6 nitrogen and oxygen atoms in total. The van der Waals surface area contributed by atoms with Crippen LogP contribution in [0.4, 0.5) is 4.79 Å². The molecule has 0 saturated carbocycles. The lowest BCUT2D eigenvalue weighted by molar-refractivity contribution is 0.0366. The number of furan rings is 1. The maximum atomic E-state index is 12.0. The summed E-state index contributed by atoms with van der Waals surface area (Å²) >= 11 is 0. The Labute approximate surface area is 128 Å². The molecule has 2 aromatic rings. The van der Waals surface area contributed by atoms with Gasteiger partial charge in [0.05, 0.1) is 18.8 Å². The lowest BCUT2D eigenvalue weighted by Crippen LogP contribution is -2.44. The number of hydrogen-bond donors (Lipinski definition) is 3. The van der Waals surface area contributed by atoms with Crippen LogP contribution in [0, 0.1) is 0 Å². The van der Waals surface area contributed by atoms with Gasteiger partial charge in [-0.05, 0) is 25.1 Å². The van der Waals surface area contributed by atoms with Gasteiger partial charge in [-0.25, -0.2) is 4.79 Å². The maximum Gasteiger partial charge on any atom is 0.315 e. The Bertz CT molecular complexity index is 652. The van der Waals surface area contributed by atoms with Crippen LogP contribution in [-0.2, 0) is 5.60 Å². The molecule has 3 N–H and O–H groups in total. The van der Waals surface area contributed by atoms with Crippen LogP contribution in [-0.4, -0.2) is 24.3 Å². The lowest BCUT2D eigenvalue weighted by atomic mass is 10.0. The number of nitrogens with one attached hydrogen (secondary N) is 2. The minimum Gasteiger partial charge on any atom is -0.491 e. The molecule has 116 valence electrons. The zero-order valence-electron chi connectivity index (χ0n) is 12.2. The van der Waals surface area contributed by atoms with Gasteiger partial charge in [-0.2, -0.15) is 0 Å². The fraction of sp³-hybridized carbons (Fsp3) is 0.312. The summed E-state index contributed by atoms with van der Waals surface area (Å²) in [5, 5.41) is 15.8. The topological polar surface area (TPSA) is 83.7 Å². The van der Waals surface area contributed by atoms with Crippen LogP contribution in [0.2, 0.25) is 0 Å². The van der Waals surface area contributed by atoms with E-state index >= 15 is 0 Å². The molecule has 6 heteroatoms. The number of para-hydroxylation sites is 1. The van der Waals surface area contributed by atoms with E-state index in [9.17, 15) is 9.90 Å². The third kappa shape index (κ3) is 2.92. The minimum absolute atomic E-state index is 0.0432. The van der Waals surface area contributed by atoms with E-state index in [0.717, 1.165) is 11.3 Å². The van der Waals surface area contributed by atoms with E-state index in [1.54, 1.807) is 19.1 Å². The summed E-state index contributed by atoms with van der Waals surface area (Å²) in [6.07, 6.45) is 1.48. The molecule has 2 atom stereocenters. The molecule has 0 bridgehead atoms. The van der Waals surface area contributed by atoms with Gasteiger partial charge >= 0.3 is 6.03 Å². The highest BCUT2D eigenvalue weighted by Gasteiger charge is 2.29. The highest BCUT2D eigenvalue weighted by Crippen LogP contribution is 2.31. The van der Waals surface area contributed by atoms with Crippen LogP contribution < -0.4 is 15.4 Å². The summed E-state index contributed by atoms with van der Waals surface area (Å²) in [5.41, 5.74) is -0.305. The normalized spacial score (nSPS) is 18.9. The van der Waals surface area contributed by atoms with Crippen LogP contribution in [0.1, 0.15) is 24.3 Å². The highest BCUT2D eigenvalue weighted by molar-refractivity contribution is 5.74. The van der Waals surface area contributed by atoms with E-state index in [2.05, 4.69) is 10.6 Å². The van der Waals surface area contributed by atoms with Crippen molar-refractivity contribution in [3.8, 4) is 5.75 Å². The fourth-order valence-corrected chi connectivity index (χ4v) is 2.42. The molecular formula is C16H18N2O4. The number of hydrogen-bond acceptors (Lipinski definition) is 4. The maximum absolute atomic E-state index is 12.0. The van der Waals surface area contributed by atoms with Crippen LogP contribution in [0.3, 0.4) is 0 Å². The average molecular weight is 302 g/mol. The van der Waals surface area contributed by atoms with E-state index in [-0.39, 0.29) is 18.6 Å². The number of rotatable bonds is 4. The molecule has 2 unspecified atom stereocenters. The molecular weight excluding hydrogens is 284 g/mol. The van der Waals surface area contributed by atoms with Gasteiger partial charge in [0.25, 0.3) is 0 Å². The fourth-order valence-electron chi connectivity index (χ4n) is 2.42. The number of ether oxygens (including phenoxy) is 1. The molecule has 0 saturated heterocycles. The van der Waals surface area contributed by atoms with Crippen LogP contribution in [0.15, 0.2) is 47.1 Å². The summed E-state index contributed by atoms with van der Waals surface area (Å²) in [4.78, 5) is 12.0. The van der Waals surface area contributed by atoms with E-state index in [1.165, 1.54) is 6.26 Å². The van der Waals surface area contributed by atoms with Crippen molar-refractivity contribution in [3.05, 3.63) is 54.0 Å². The first-order chi connectivity index (χ1) is 10.6. The monoisotopic (exact) mass is 302 g/mol. The molecule has 2 amide bonds. The molecule has 3 rings (SSSR count). The van der Waals surface area contributed by atoms with Gasteiger partial charge in [0.2, 0.25) is 0 Å². The average Bonchev–Trinajstić information content (AvgIpc) is 3.16. The molecule has 22 heavy (non-hydrogen) atoms. The summed E-state index contributed by atoms with van der Waals surface area (Å²) < 4.78 is 10.7. The molecule has 2 heterocycles. The molecule has 1 aliphatic rings. The van der Waals surface area contributed by atoms with Gasteiger partial charge < -0.3 is 24.9 Å². The Morgan fingerprint density at radius 2 is 2.18 bits per heavy atom. The number of amides is 2. The van der Waals surface area contributed by atoms with Crippen molar-refractivity contribution >= 4 is 6.03 Å². The Morgan fingerprint density at radius 3 is 2.95 bits per heavy atom. The largest absolute Gasteiger partial charge is 0.491 e. The van der Waals surface area contributed by atoms with E-state index in [1.807, 2.05) is 24.3 Å². The second-order valence-electron chi connectivity index (χ2n) is 5.48. The van der Waals surface area contributed by atoms with E-state index in [4.69, 9.17) is 9.15 Å². The Balaban J connectivity index is 1.56. The molecule has 1 aromatic carbocycles. The van der Waals surface area contributed by atoms with Gasteiger partial charge in [-0.3, -0.25) is 0 Å². The number of carbonyl (C=O) groups is 1. The number of urea groups is 1. The van der Waals surface area contributed by atoms with E-state index in [0.29, 0.717) is 12.4 Å². The second-order valence-corrected chi connectivity index (χ2v) is 5.48. The van der Waals surface area contributed by atoms with Gasteiger partial charge in [-0.15, -0.1) is 0 Å². The molecule has 0 spiro atoms. The summed E-state index contributed by atoms with van der Waals surface area (Å²) in [5.74, 6) is 1.19. The third-order valence-electron chi connectivity index (χ3n) is 3.65. The SMILES string of the molecule is CC(O)(CNC(=O)NC1COc2ccccc21)c1ccco1. The van der Waals surface area contributed by atoms with E-state index < -0.39 is 5.60 Å². The summed E-state index contributed by atoms with van der Waals surface area (Å²) in [6, 6.07) is 10.4. The Kier molecular flexibility index (Phi) is 3.77. The van der Waals surface area contributed by atoms with Crippen molar-refractivity contribution in [1.29, 1.82) is 0 Å². The summed E-state index contributed by atoms with van der Waals surface area (Å²) in [6.45, 7) is 2.03. The Morgan fingerprint density at radius 1 is 1.36 bits per heavy atom. The Hall–Kier alpha value is -2.47. The lowest BCUT2D eigenvalue weighted by Gasteiger charge is -2.22. The third-order valence-corrected chi connectivity index (χ3v) is 3.65. The van der Waals surface area contributed by atoms with Crippen molar-refractivity contribution in [2.24, 2.45) is 0 Å². The van der Waals surface area contributed by atoms with Crippen molar-refractivity contribution in [2.45, 2.75) is 18.6 Å². The molecule has 0 radical (unpaired) electrons. The number of carbonyl (C=O) groups excluding carboxylic acids is 1. The van der Waals surface area contributed by atoms with Crippen molar-refractivity contribution in [1.82, 2.24) is 10.6 Å². The van der Waals surface area contributed by atoms with Gasteiger partial charge in [0.15, 0.2) is 0 Å². The van der Waals surface area contributed by atoms with Crippen molar-refractivity contribution in [3.63, 3.8) is 0 Å². The zero-order chi connectivity index (χ0) is 15.6. The van der Waals surface area contributed by atoms with Gasteiger partial charge in [-0.1, -0.05) is 18.2 Å². The highest BCUT2D eigenvalue weighted by atomic mass is 16.5. The van der Waals surface area contributed by atoms with Gasteiger partial charge in [0.1, 0.15) is 23.7 Å². The molecule has 1 aliphatic heterocycles. The van der Waals surface area contributed by atoms with Crippen molar-refractivity contribution < 1.29 is 19.1 Å². The van der Waals surface area contributed by atoms with Crippen LogP contribution >= 0.6 is 0 Å². The van der Waals surface area contributed by atoms with Crippen LogP contribution in [0.5, 0.6) is 5.75 Å². The molecule has 1 aromatic heterocycles. The first-order valence-corrected chi connectivity index (χ1v) is 7.09. The first-order valence-electron chi connectivity index (χ1n) is 7.09. The van der Waals surface area contributed by atoms with Crippen molar-refractivity contribution in [2.75, 3.05) is 13.2 Å². The van der Waals surface area contributed by atoms with Gasteiger partial charge in [0, 0.05) is 5.56 Å². The molecule has 0 aliphatic carbocycles. The predicted octanol–water partition coefficient (Wildman–Crippen LogP) is 1.92. The standard InChI is InChI=1S/C16H18N2O4/c1-16(20,14-7-4-8-21-14)10-17-15(19)18-12-9-22-13-6-3-2-5-11(12)13/h2-8,12,20H,9-10H2,1H3,(H2,17,18,19). The number of benzene rings is 1. The number of aliphatic hydroxyl groups is 1. The summed E-state index contributed by atoms with van der Waals surface area (Å²) in [7, 11) is 0. The first kappa shape index (κ1) is 14.5. The zero-order valence-corrected chi connectivity index (χ0v) is 12.2. The second kappa shape index (κ2) is 5.73. The van der Waals surface area contributed by atoms with Crippen LogP contribution in [0.25, 0.3) is 0 Å². The predicted molar refractivity (Wildman–Crippen MR) is 79.5 cm³/mol. The minimum atomic E-state index is -1.26. The number of fused-ring (bicyclic) bond motifs is 1. The quantitative estimate of drug-likeness (QED) is 0.805. The molecule has 0 fully saturated rings. The smallest absolute Gasteiger partial charge is 0.315 e.